The third-order valence-corrected chi connectivity index (χ3v) is 3.81. The Hall–Kier alpha value is -1.55. The fraction of sp³-hybridized carbons (Fsp3) is 0.462. The maximum atomic E-state index is 11.2. The van der Waals surface area contributed by atoms with Gasteiger partial charge < -0.3 is 15.3 Å². The molecule has 1 saturated carbocycles. The molecule has 1 heterocycles. The Morgan fingerprint density at radius 1 is 1.35 bits per heavy atom. The number of imidazole rings is 1. The molecule has 90 valence electrons. The summed E-state index contributed by atoms with van der Waals surface area (Å²) < 4.78 is 0. The van der Waals surface area contributed by atoms with Crippen molar-refractivity contribution in [2.45, 2.75) is 19.4 Å². The minimum absolute atomic E-state index is 0.141. The van der Waals surface area contributed by atoms with Crippen LogP contribution in [0.5, 0.6) is 0 Å². The van der Waals surface area contributed by atoms with Gasteiger partial charge in [0.15, 0.2) is 0 Å². The van der Waals surface area contributed by atoms with Crippen LogP contribution in [0, 0.1) is 11.8 Å². The molecule has 1 aromatic carbocycles. The van der Waals surface area contributed by atoms with Crippen molar-refractivity contribution < 1.29 is 0 Å². The van der Waals surface area contributed by atoms with Crippen LogP contribution in [0.2, 0.25) is 0 Å². The molecule has 3 rings (SSSR count). The lowest BCUT2D eigenvalue weighted by molar-refractivity contribution is 0.504. The van der Waals surface area contributed by atoms with E-state index < -0.39 is 0 Å². The predicted molar refractivity (Wildman–Crippen MR) is 68.0 cm³/mol. The highest BCUT2D eigenvalue weighted by Gasteiger charge is 2.39. The molecule has 0 amide bonds. The quantitative estimate of drug-likeness (QED) is 0.754. The van der Waals surface area contributed by atoms with E-state index in [0.717, 1.165) is 22.9 Å². The van der Waals surface area contributed by atoms with E-state index in [0.29, 0.717) is 6.04 Å². The van der Waals surface area contributed by atoms with Crippen molar-refractivity contribution >= 4 is 11.0 Å². The molecule has 3 unspecified atom stereocenters. The third-order valence-electron chi connectivity index (χ3n) is 3.81. The molecular weight excluding hydrogens is 214 g/mol. The van der Waals surface area contributed by atoms with E-state index in [1.165, 1.54) is 12.0 Å². The average molecular weight is 231 g/mol. The second-order valence-corrected chi connectivity index (χ2v) is 5.03. The monoisotopic (exact) mass is 231 g/mol. The van der Waals surface area contributed by atoms with Crippen molar-refractivity contribution in [3.8, 4) is 0 Å². The van der Waals surface area contributed by atoms with Gasteiger partial charge in [0.1, 0.15) is 0 Å². The van der Waals surface area contributed by atoms with E-state index >= 15 is 0 Å². The molecule has 17 heavy (non-hydrogen) atoms. The number of aromatic amines is 2. The molecule has 0 spiro atoms. The molecule has 2 aromatic rings. The van der Waals surface area contributed by atoms with E-state index in [2.05, 4.69) is 34.3 Å². The highest BCUT2D eigenvalue weighted by atomic mass is 16.1. The van der Waals surface area contributed by atoms with Gasteiger partial charge in [-0.15, -0.1) is 0 Å². The number of aromatic nitrogens is 2. The molecule has 3 atom stereocenters. The fourth-order valence-corrected chi connectivity index (χ4v) is 2.69. The maximum absolute atomic E-state index is 11.2. The molecule has 1 aliphatic rings. The minimum Gasteiger partial charge on any atom is -0.313 e. The van der Waals surface area contributed by atoms with Crippen LogP contribution in [0.25, 0.3) is 11.0 Å². The topological polar surface area (TPSA) is 60.7 Å². The van der Waals surface area contributed by atoms with Gasteiger partial charge in [-0.05, 0) is 43.0 Å². The van der Waals surface area contributed by atoms with Crippen LogP contribution in [-0.2, 0) is 0 Å². The van der Waals surface area contributed by atoms with Crippen molar-refractivity contribution in [3.05, 3.63) is 34.2 Å². The maximum Gasteiger partial charge on any atom is 0.323 e. The van der Waals surface area contributed by atoms with Gasteiger partial charge in [0.2, 0.25) is 0 Å². The molecule has 4 heteroatoms. The van der Waals surface area contributed by atoms with Crippen molar-refractivity contribution in [3.63, 3.8) is 0 Å². The highest BCUT2D eigenvalue weighted by Crippen LogP contribution is 2.46. The standard InChI is InChI=1S/C13H17N3O/c1-7-5-9(7)12(14-2)8-3-4-10-11(6-8)16-13(17)15-10/h3-4,6-7,9,12,14H,5H2,1-2H3,(H2,15,16,17). The Morgan fingerprint density at radius 2 is 2.06 bits per heavy atom. The zero-order valence-corrected chi connectivity index (χ0v) is 10.1. The number of hydrogen-bond acceptors (Lipinski definition) is 2. The smallest absolute Gasteiger partial charge is 0.313 e. The second kappa shape index (κ2) is 3.74. The largest absolute Gasteiger partial charge is 0.323 e. The second-order valence-electron chi connectivity index (χ2n) is 5.03. The normalized spacial score (nSPS) is 25.1. The van der Waals surface area contributed by atoms with Crippen LogP contribution in [-0.4, -0.2) is 17.0 Å². The Bertz CT molecular complexity index is 598. The molecule has 1 aromatic heterocycles. The summed E-state index contributed by atoms with van der Waals surface area (Å²) in [5.41, 5.74) is 2.88. The number of hydrogen-bond donors (Lipinski definition) is 3. The van der Waals surface area contributed by atoms with E-state index in [4.69, 9.17) is 0 Å². The van der Waals surface area contributed by atoms with Gasteiger partial charge in [-0.25, -0.2) is 4.79 Å². The number of rotatable bonds is 3. The van der Waals surface area contributed by atoms with Crippen LogP contribution >= 0.6 is 0 Å². The van der Waals surface area contributed by atoms with Gasteiger partial charge in [0.05, 0.1) is 11.0 Å². The SMILES string of the molecule is CNC(c1ccc2[nH]c(=O)[nH]c2c1)C1CC1C. The van der Waals surface area contributed by atoms with Crippen molar-refractivity contribution in [2.75, 3.05) is 7.05 Å². The first-order valence-corrected chi connectivity index (χ1v) is 6.08. The highest BCUT2D eigenvalue weighted by molar-refractivity contribution is 5.75. The van der Waals surface area contributed by atoms with Gasteiger partial charge in [0.25, 0.3) is 0 Å². The molecule has 0 radical (unpaired) electrons. The summed E-state index contributed by atoms with van der Waals surface area (Å²) in [7, 11) is 2.00. The van der Waals surface area contributed by atoms with Crippen LogP contribution < -0.4 is 11.0 Å². The zero-order valence-electron chi connectivity index (χ0n) is 10.1. The van der Waals surface area contributed by atoms with Crippen molar-refractivity contribution in [1.29, 1.82) is 0 Å². The summed E-state index contributed by atoms with van der Waals surface area (Å²) in [4.78, 5) is 16.8. The Morgan fingerprint density at radius 3 is 2.71 bits per heavy atom. The molecule has 1 aliphatic carbocycles. The lowest BCUT2D eigenvalue weighted by Gasteiger charge is -2.16. The van der Waals surface area contributed by atoms with Gasteiger partial charge >= 0.3 is 5.69 Å². The van der Waals surface area contributed by atoms with Gasteiger partial charge in [-0.2, -0.15) is 0 Å². The van der Waals surface area contributed by atoms with E-state index in [9.17, 15) is 4.79 Å². The zero-order chi connectivity index (χ0) is 12.0. The molecule has 0 bridgehead atoms. The predicted octanol–water partition coefficient (Wildman–Crippen LogP) is 1.77. The molecule has 1 fully saturated rings. The summed E-state index contributed by atoms with van der Waals surface area (Å²) in [5, 5.41) is 3.38. The fourth-order valence-electron chi connectivity index (χ4n) is 2.69. The molecule has 4 nitrogen and oxygen atoms in total. The van der Waals surface area contributed by atoms with E-state index in [1.807, 2.05) is 13.1 Å². The molecule has 0 aliphatic heterocycles. The lowest BCUT2D eigenvalue weighted by atomic mass is 10.0. The van der Waals surface area contributed by atoms with E-state index in [-0.39, 0.29) is 5.69 Å². The van der Waals surface area contributed by atoms with Crippen molar-refractivity contribution in [2.24, 2.45) is 11.8 Å². The third kappa shape index (κ3) is 1.78. The average Bonchev–Trinajstić information content (AvgIpc) is 2.88. The van der Waals surface area contributed by atoms with Gasteiger partial charge in [0, 0.05) is 6.04 Å². The Kier molecular flexibility index (Phi) is 2.33. The summed E-state index contributed by atoms with van der Waals surface area (Å²) >= 11 is 0. The number of H-pyrrole nitrogens is 2. The molecule has 3 N–H and O–H groups in total. The molecular formula is C13H17N3O. The van der Waals surface area contributed by atoms with Crippen LogP contribution in [0.3, 0.4) is 0 Å². The first-order chi connectivity index (χ1) is 8.19. The number of benzene rings is 1. The lowest BCUT2D eigenvalue weighted by Crippen LogP contribution is -2.18. The molecule has 0 saturated heterocycles. The Labute approximate surface area is 99.4 Å². The summed E-state index contributed by atoms with van der Waals surface area (Å²) in [6, 6.07) is 6.53. The van der Waals surface area contributed by atoms with Crippen LogP contribution in [0.15, 0.2) is 23.0 Å². The van der Waals surface area contributed by atoms with E-state index in [1.54, 1.807) is 0 Å². The van der Waals surface area contributed by atoms with Crippen molar-refractivity contribution in [1.82, 2.24) is 15.3 Å². The summed E-state index contributed by atoms with van der Waals surface area (Å²) in [5.74, 6) is 1.52. The van der Waals surface area contributed by atoms with Gasteiger partial charge in [-0.1, -0.05) is 13.0 Å². The number of fused-ring (bicyclic) bond motifs is 1. The minimum atomic E-state index is -0.141. The number of nitrogens with one attached hydrogen (secondary N) is 3. The summed E-state index contributed by atoms with van der Waals surface area (Å²) in [6.45, 7) is 2.28. The van der Waals surface area contributed by atoms with Gasteiger partial charge in [-0.3, -0.25) is 0 Å². The summed E-state index contributed by atoms with van der Waals surface area (Å²) in [6.07, 6.45) is 1.28. The van der Waals surface area contributed by atoms with Crippen LogP contribution in [0.4, 0.5) is 0 Å². The first-order valence-electron chi connectivity index (χ1n) is 6.08. The Balaban J connectivity index is 2.01. The van der Waals surface area contributed by atoms with Crippen LogP contribution in [0.1, 0.15) is 24.9 Å². The first kappa shape index (κ1) is 10.6.